The number of aliphatic carboxylic acids is 1. The van der Waals surface area contributed by atoms with Crippen LogP contribution in [0.2, 0.25) is 0 Å². The van der Waals surface area contributed by atoms with Gasteiger partial charge in [0.15, 0.2) is 0 Å². The van der Waals surface area contributed by atoms with Crippen molar-refractivity contribution in [2.24, 2.45) is 0 Å². The van der Waals surface area contributed by atoms with Crippen molar-refractivity contribution in [2.45, 2.75) is 43.5 Å². The van der Waals surface area contributed by atoms with E-state index in [9.17, 15) is 24.6 Å². The van der Waals surface area contributed by atoms with Crippen LogP contribution in [0.4, 0.5) is 0 Å². The van der Waals surface area contributed by atoms with Gasteiger partial charge in [-0.25, -0.2) is 4.79 Å². The van der Waals surface area contributed by atoms with Gasteiger partial charge in [0.1, 0.15) is 11.8 Å². The number of rotatable bonds is 7. The Labute approximate surface area is 186 Å². The number of thiol groups is 1. The van der Waals surface area contributed by atoms with Crippen molar-refractivity contribution in [1.29, 1.82) is 0 Å². The number of carboxylic acids is 1. The molecule has 1 aliphatic heterocycles. The maximum absolute atomic E-state index is 12.9. The maximum Gasteiger partial charge on any atom is 0.326 e. The molecule has 31 heavy (non-hydrogen) atoms. The van der Waals surface area contributed by atoms with E-state index in [-0.39, 0.29) is 18.3 Å². The number of hydrogen-bond acceptors (Lipinski definition) is 5. The number of nitrogens with one attached hydrogen (secondary N) is 1. The number of aromatic hydroxyl groups is 1. The summed E-state index contributed by atoms with van der Waals surface area (Å²) in [6.07, 6.45) is 1.25. The molecule has 0 radical (unpaired) electrons. The van der Waals surface area contributed by atoms with Crippen LogP contribution in [0.15, 0.2) is 48.5 Å². The van der Waals surface area contributed by atoms with Gasteiger partial charge >= 0.3 is 5.97 Å². The van der Waals surface area contributed by atoms with Crippen LogP contribution in [0.1, 0.15) is 35.6 Å². The number of carbonyl (C=O) groups excluding carboxylic acids is 2. The molecular weight excluding hydrogens is 416 g/mol. The number of hydrogen-bond donors (Lipinski definition) is 4. The molecule has 3 rings (SSSR count). The van der Waals surface area contributed by atoms with E-state index in [1.54, 1.807) is 12.1 Å². The summed E-state index contributed by atoms with van der Waals surface area (Å²) in [7, 11) is 0. The molecule has 0 aliphatic carbocycles. The molecule has 1 aliphatic rings. The van der Waals surface area contributed by atoms with Crippen molar-refractivity contribution in [2.75, 3.05) is 6.54 Å². The third-order valence-corrected chi connectivity index (χ3v) is 5.92. The first-order valence-corrected chi connectivity index (χ1v) is 10.6. The number of benzene rings is 2. The molecule has 164 valence electrons. The van der Waals surface area contributed by atoms with Crippen LogP contribution in [-0.4, -0.2) is 50.7 Å². The second-order valence-electron chi connectivity index (χ2n) is 7.76. The minimum absolute atomic E-state index is 0.135. The molecule has 1 heterocycles. The lowest BCUT2D eigenvalue weighted by molar-refractivity contribution is -0.149. The van der Waals surface area contributed by atoms with Gasteiger partial charge in [0.25, 0.3) is 0 Å². The SMILES string of the molecule is Cc1ccc([C@@H]2CC[C@H](C(=O)O)N2C(=O)CNC(=O)[C@@H](S)Cc2ccc(O)cc2)cc1. The quantitative estimate of drug-likeness (QED) is 0.493. The van der Waals surface area contributed by atoms with Crippen LogP contribution in [0.3, 0.4) is 0 Å². The third kappa shape index (κ3) is 5.58. The Morgan fingerprint density at radius 2 is 1.74 bits per heavy atom. The van der Waals surface area contributed by atoms with Crippen molar-refractivity contribution in [3.8, 4) is 5.75 Å². The second-order valence-corrected chi connectivity index (χ2v) is 8.39. The van der Waals surface area contributed by atoms with E-state index in [4.69, 9.17) is 0 Å². The van der Waals surface area contributed by atoms with Crippen LogP contribution in [0.25, 0.3) is 0 Å². The molecule has 3 atom stereocenters. The standard InChI is InChI=1S/C23H26N2O5S/c1-14-2-6-16(7-3-14)18-10-11-19(23(29)30)25(18)21(27)13-24-22(28)20(31)12-15-4-8-17(26)9-5-15/h2-9,18-20,26,31H,10-13H2,1H3,(H,24,28)(H,29,30)/t18-,19+,20-/m0/s1. The summed E-state index contributed by atoms with van der Waals surface area (Å²) < 4.78 is 0. The summed E-state index contributed by atoms with van der Waals surface area (Å²) >= 11 is 4.32. The van der Waals surface area contributed by atoms with E-state index >= 15 is 0 Å². The van der Waals surface area contributed by atoms with E-state index in [1.165, 1.54) is 17.0 Å². The lowest BCUT2D eigenvalue weighted by atomic mass is 10.0. The zero-order valence-electron chi connectivity index (χ0n) is 17.2. The highest BCUT2D eigenvalue weighted by Gasteiger charge is 2.41. The summed E-state index contributed by atoms with van der Waals surface area (Å²) in [5.41, 5.74) is 2.78. The number of carbonyl (C=O) groups is 3. The van der Waals surface area contributed by atoms with E-state index in [0.29, 0.717) is 19.3 Å². The van der Waals surface area contributed by atoms with E-state index in [1.807, 2.05) is 31.2 Å². The Morgan fingerprint density at radius 1 is 1.10 bits per heavy atom. The molecule has 0 saturated carbocycles. The van der Waals surface area contributed by atoms with Gasteiger partial charge in [0.2, 0.25) is 11.8 Å². The molecule has 2 aromatic rings. The fraction of sp³-hybridized carbons (Fsp3) is 0.348. The van der Waals surface area contributed by atoms with Crippen LogP contribution in [0, 0.1) is 6.92 Å². The van der Waals surface area contributed by atoms with Gasteiger partial charge in [-0.2, -0.15) is 12.6 Å². The van der Waals surface area contributed by atoms with Crippen molar-refractivity contribution in [1.82, 2.24) is 10.2 Å². The highest BCUT2D eigenvalue weighted by atomic mass is 32.1. The number of carboxylic acid groups (broad SMARTS) is 1. The largest absolute Gasteiger partial charge is 0.508 e. The Balaban J connectivity index is 1.64. The zero-order chi connectivity index (χ0) is 22.5. The first kappa shape index (κ1) is 22.7. The highest BCUT2D eigenvalue weighted by Crippen LogP contribution is 2.36. The van der Waals surface area contributed by atoms with Gasteiger partial charge in [-0.3, -0.25) is 9.59 Å². The molecule has 3 N–H and O–H groups in total. The number of phenols is 1. The average Bonchev–Trinajstić information content (AvgIpc) is 3.19. The van der Waals surface area contributed by atoms with Crippen molar-refractivity contribution in [3.63, 3.8) is 0 Å². The molecular formula is C23H26N2O5S. The molecule has 0 spiro atoms. The topological polar surface area (TPSA) is 107 Å². The Morgan fingerprint density at radius 3 is 2.35 bits per heavy atom. The van der Waals surface area contributed by atoms with Crippen LogP contribution in [0.5, 0.6) is 5.75 Å². The predicted molar refractivity (Wildman–Crippen MR) is 119 cm³/mol. The molecule has 0 unspecified atom stereocenters. The van der Waals surface area contributed by atoms with Gasteiger partial charge in [-0.1, -0.05) is 42.0 Å². The molecule has 1 saturated heterocycles. The van der Waals surface area contributed by atoms with Crippen LogP contribution in [-0.2, 0) is 20.8 Å². The lowest BCUT2D eigenvalue weighted by Crippen LogP contribution is -2.47. The van der Waals surface area contributed by atoms with Gasteiger partial charge < -0.3 is 20.4 Å². The van der Waals surface area contributed by atoms with E-state index in [0.717, 1.165) is 16.7 Å². The van der Waals surface area contributed by atoms with Crippen molar-refractivity contribution < 1.29 is 24.6 Å². The molecule has 8 heteroatoms. The number of likely N-dealkylation sites (tertiary alicyclic amines) is 1. The molecule has 0 bridgehead atoms. The monoisotopic (exact) mass is 442 g/mol. The molecule has 7 nitrogen and oxygen atoms in total. The van der Waals surface area contributed by atoms with Gasteiger partial charge in [-0.05, 0) is 49.4 Å². The zero-order valence-corrected chi connectivity index (χ0v) is 18.1. The minimum atomic E-state index is -1.05. The highest BCUT2D eigenvalue weighted by molar-refractivity contribution is 7.81. The summed E-state index contributed by atoms with van der Waals surface area (Å²) in [6.45, 7) is 1.67. The van der Waals surface area contributed by atoms with Crippen LogP contribution >= 0.6 is 12.6 Å². The summed E-state index contributed by atoms with van der Waals surface area (Å²) in [5.74, 6) is -1.76. The Hall–Kier alpha value is -3.00. The smallest absolute Gasteiger partial charge is 0.326 e. The lowest BCUT2D eigenvalue weighted by Gasteiger charge is -2.29. The molecule has 0 aromatic heterocycles. The Kier molecular flexibility index (Phi) is 7.22. The number of nitrogens with zero attached hydrogens (tertiary/aromatic N) is 1. The second kappa shape index (κ2) is 9.87. The van der Waals surface area contributed by atoms with Gasteiger partial charge in [-0.15, -0.1) is 0 Å². The number of amides is 2. The summed E-state index contributed by atoms with van der Waals surface area (Å²) in [4.78, 5) is 38.4. The van der Waals surface area contributed by atoms with E-state index < -0.39 is 29.1 Å². The third-order valence-electron chi connectivity index (χ3n) is 5.50. The minimum Gasteiger partial charge on any atom is -0.508 e. The summed E-state index contributed by atoms with van der Waals surface area (Å²) in [6, 6.07) is 12.9. The predicted octanol–water partition coefficient (Wildman–Crippen LogP) is 2.47. The average molecular weight is 443 g/mol. The fourth-order valence-corrected chi connectivity index (χ4v) is 4.14. The number of aryl methyl sites for hydroxylation is 1. The number of phenolic OH excluding ortho intramolecular Hbond substituents is 1. The van der Waals surface area contributed by atoms with Gasteiger partial charge in [0.05, 0.1) is 17.8 Å². The summed E-state index contributed by atoms with van der Waals surface area (Å²) in [5, 5.41) is 20.8. The first-order valence-electron chi connectivity index (χ1n) is 10.1. The maximum atomic E-state index is 12.9. The molecule has 2 aromatic carbocycles. The Bertz CT molecular complexity index is 945. The van der Waals surface area contributed by atoms with E-state index in [2.05, 4.69) is 17.9 Å². The molecule has 1 fully saturated rings. The van der Waals surface area contributed by atoms with Crippen molar-refractivity contribution >= 4 is 30.4 Å². The van der Waals surface area contributed by atoms with Crippen LogP contribution < -0.4 is 5.32 Å². The normalized spacial score (nSPS) is 19.1. The van der Waals surface area contributed by atoms with Gasteiger partial charge in [0, 0.05) is 0 Å². The first-order chi connectivity index (χ1) is 14.8. The molecule has 2 amide bonds. The van der Waals surface area contributed by atoms with Crippen molar-refractivity contribution in [3.05, 3.63) is 65.2 Å². The fourth-order valence-electron chi connectivity index (χ4n) is 3.84.